The SMILES string of the molecule is O=S(=O)(CC1CCC(F)(F)C1)c1ccccc1F. The summed E-state index contributed by atoms with van der Waals surface area (Å²) < 4.78 is 63.2. The first-order chi connectivity index (χ1) is 8.30. The Morgan fingerprint density at radius 2 is 1.94 bits per heavy atom. The van der Waals surface area contributed by atoms with Crippen molar-refractivity contribution in [3.05, 3.63) is 30.1 Å². The van der Waals surface area contributed by atoms with Crippen molar-refractivity contribution in [2.75, 3.05) is 5.75 Å². The Morgan fingerprint density at radius 1 is 1.28 bits per heavy atom. The van der Waals surface area contributed by atoms with Crippen LogP contribution in [0.3, 0.4) is 0 Å². The topological polar surface area (TPSA) is 34.1 Å². The van der Waals surface area contributed by atoms with Crippen LogP contribution in [0.2, 0.25) is 0 Å². The molecule has 0 bridgehead atoms. The molecule has 2 rings (SSSR count). The van der Waals surface area contributed by atoms with Crippen LogP contribution in [0.25, 0.3) is 0 Å². The minimum Gasteiger partial charge on any atom is -0.224 e. The van der Waals surface area contributed by atoms with Gasteiger partial charge in [0.25, 0.3) is 0 Å². The second kappa shape index (κ2) is 4.57. The molecule has 0 aromatic heterocycles. The normalized spacial score (nSPS) is 23.2. The molecular weight excluding hydrogens is 265 g/mol. The molecule has 1 fully saturated rings. The van der Waals surface area contributed by atoms with Gasteiger partial charge < -0.3 is 0 Å². The highest BCUT2D eigenvalue weighted by Crippen LogP contribution is 2.40. The van der Waals surface area contributed by atoms with Crippen molar-refractivity contribution >= 4 is 9.84 Å². The van der Waals surface area contributed by atoms with Gasteiger partial charge in [0.2, 0.25) is 5.92 Å². The number of sulfone groups is 1. The third-order valence-electron chi connectivity index (χ3n) is 3.13. The van der Waals surface area contributed by atoms with Gasteiger partial charge in [-0.25, -0.2) is 21.6 Å². The lowest BCUT2D eigenvalue weighted by Crippen LogP contribution is -2.17. The number of alkyl halides is 2. The summed E-state index contributed by atoms with van der Waals surface area (Å²) in [5.74, 6) is -4.62. The van der Waals surface area contributed by atoms with Crippen molar-refractivity contribution in [2.45, 2.75) is 30.1 Å². The molecule has 1 atom stereocenters. The molecule has 0 N–H and O–H groups in total. The van der Waals surface area contributed by atoms with E-state index in [0.29, 0.717) is 0 Å². The van der Waals surface area contributed by atoms with E-state index < -0.39 is 44.6 Å². The van der Waals surface area contributed by atoms with Gasteiger partial charge in [-0.05, 0) is 24.5 Å². The second-order valence-electron chi connectivity index (χ2n) is 4.68. The number of benzene rings is 1. The van der Waals surface area contributed by atoms with E-state index in [9.17, 15) is 21.6 Å². The molecule has 0 radical (unpaired) electrons. The van der Waals surface area contributed by atoms with Crippen molar-refractivity contribution in [3.63, 3.8) is 0 Å². The molecule has 1 unspecified atom stereocenters. The molecular formula is C12H13F3O2S. The van der Waals surface area contributed by atoms with Crippen molar-refractivity contribution < 1.29 is 21.6 Å². The van der Waals surface area contributed by atoms with Gasteiger partial charge in [-0.3, -0.25) is 0 Å². The van der Waals surface area contributed by atoms with Crippen LogP contribution >= 0.6 is 0 Å². The number of rotatable bonds is 3. The summed E-state index contributed by atoms with van der Waals surface area (Å²) in [4.78, 5) is -0.403. The Hall–Kier alpha value is -1.04. The standard InChI is InChI=1S/C12H13F3O2S/c13-10-3-1-2-4-11(10)18(16,17)8-9-5-6-12(14,15)7-9/h1-4,9H,5-8H2. The number of halogens is 3. The molecule has 2 nitrogen and oxygen atoms in total. The van der Waals surface area contributed by atoms with Crippen molar-refractivity contribution in [2.24, 2.45) is 5.92 Å². The molecule has 0 spiro atoms. The molecule has 0 amide bonds. The fourth-order valence-corrected chi connectivity index (χ4v) is 4.02. The van der Waals surface area contributed by atoms with E-state index in [2.05, 4.69) is 0 Å². The van der Waals surface area contributed by atoms with Gasteiger partial charge >= 0.3 is 0 Å². The van der Waals surface area contributed by atoms with E-state index in [1.807, 2.05) is 0 Å². The van der Waals surface area contributed by atoms with Crippen LogP contribution in [0, 0.1) is 11.7 Å². The lowest BCUT2D eigenvalue weighted by Gasteiger charge is -2.11. The number of hydrogen-bond acceptors (Lipinski definition) is 2. The molecule has 0 heterocycles. The second-order valence-corrected chi connectivity index (χ2v) is 6.68. The molecule has 1 aliphatic rings. The average molecular weight is 278 g/mol. The minimum atomic E-state index is -3.83. The highest BCUT2D eigenvalue weighted by molar-refractivity contribution is 7.91. The molecule has 0 saturated heterocycles. The first kappa shape index (κ1) is 13.4. The maximum Gasteiger partial charge on any atom is 0.248 e. The predicted molar refractivity (Wildman–Crippen MR) is 60.7 cm³/mol. The molecule has 1 saturated carbocycles. The monoisotopic (exact) mass is 278 g/mol. The molecule has 1 aromatic rings. The maximum atomic E-state index is 13.4. The predicted octanol–water partition coefficient (Wildman–Crippen LogP) is 3.03. The van der Waals surface area contributed by atoms with Crippen molar-refractivity contribution in [1.29, 1.82) is 0 Å². The third-order valence-corrected chi connectivity index (χ3v) is 5.04. The minimum absolute atomic E-state index is 0.167. The van der Waals surface area contributed by atoms with E-state index in [1.54, 1.807) is 0 Å². The largest absolute Gasteiger partial charge is 0.248 e. The highest BCUT2D eigenvalue weighted by atomic mass is 32.2. The van der Waals surface area contributed by atoms with Gasteiger partial charge in [0.05, 0.1) is 5.75 Å². The van der Waals surface area contributed by atoms with E-state index in [4.69, 9.17) is 0 Å². The summed E-state index contributed by atoms with van der Waals surface area (Å²) in [5, 5.41) is 0. The van der Waals surface area contributed by atoms with Crippen molar-refractivity contribution in [1.82, 2.24) is 0 Å². The fraction of sp³-hybridized carbons (Fsp3) is 0.500. The number of hydrogen-bond donors (Lipinski definition) is 0. The summed E-state index contributed by atoms with van der Waals surface area (Å²) in [6, 6.07) is 5.02. The van der Waals surface area contributed by atoms with E-state index >= 15 is 0 Å². The van der Waals surface area contributed by atoms with Crippen LogP contribution < -0.4 is 0 Å². The van der Waals surface area contributed by atoms with Gasteiger partial charge in [-0.2, -0.15) is 0 Å². The quantitative estimate of drug-likeness (QED) is 0.851. The van der Waals surface area contributed by atoms with Gasteiger partial charge in [0, 0.05) is 12.8 Å². The van der Waals surface area contributed by atoms with Crippen molar-refractivity contribution in [3.8, 4) is 0 Å². The lowest BCUT2D eigenvalue weighted by molar-refractivity contribution is 0.00592. The summed E-state index contributed by atoms with van der Waals surface area (Å²) >= 11 is 0. The smallest absolute Gasteiger partial charge is 0.224 e. The average Bonchev–Trinajstić information content (AvgIpc) is 2.57. The summed E-state index contributed by atoms with van der Waals surface area (Å²) in [6.07, 6.45) is -0.550. The van der Waals surface area contributed by atoms with E-state index in [-0.39, 0.29) is 12.8 Å². The zero-order valence-corrected chi connectivity index (χ0v) is 10.4. The van der Waals surface area contributed by atoms with Crippen LogP contribution in [0.15, 0.2) is 29.2 Å². The third kappa shape index (κ3) is 2.85. The zero-order valence-electron chi connectivity index (χ0n) is 9.57. The first-order valence-corrected chi connectivity index (χ1v) is 7.30. The van der Waals surface area contributed by atoms with Gasteiger partial charge in [0.15, 0.2) is 9.84 Å². The molecule has 0 aliphatic heterocycles. The Balaban J connectivity index is 2.17. The van der Waals surface area contributed by atoms with E-state index in [1.165, 1.54) is 12.1 Å². The zero-order chi connectivity index (χ0) is 13.4. The van der Waals surface area contributed by atoms with Gasteiger partial charge in [-0.1, -0.05) is 12.1 Å². The lowest BCUT2D eigenvalue weighted by atomic mass is 10.1. The van der Waals surface area contributed by atoms with Crippen LogP contribution in [-0.4, -0.2) is 20.1 Å². The van der Waals surface area contributed by atoms with Crippen LogP contribution in [-0.2, 0) is 9.84 Å². The summed E-state index contributed by atoms with van der Waals surface area (Å²) in [5.41, 5.74) is 0. The van der Waals surface area contributed by atoms with E-state index in [0.717, 1.165) is 12.1 Å². The molecule has 18 heavy (non-hydrogen) atoms. The maximum absolute atomic E-state index is 13.4. The van der Waals surface area contributed by atoms with Crippen LogP contribution in [0.1, 0.15) is 19.3 Å². The highest BCUT2D eigenvalue weighted by Gasteiger charge is 2.41. The van der Waals surface area contributed by atoms with Gasteiger partial charge in [-0.15, -0.1) is 0 Å². The first-order valence-electron chi connectivity index (χ1n) is 5.65. The molecule has 1 aromatic carbocycles. The summed E-state index contributed by atoms with van der Waals surface area (Å²) in [6.45, 7) is 0. The molecule has 1 aliphatic carbocycles. The molecule has 100 valence electrons. The van der Waals surface area contributed by atoms with Gasteiger partial charge in [0.1, 0.15) is 10.7 Å². The Morgan fingerprint density at radius 3 is 2.50 bits per heavy atom. The fourth-order valence-electron chi connectivity index (χ4n) is 2.28. The van der Waals surface area contributed by atoms with Crippen LogP contribution in [0.5, 0.6) is 0 Å². The molecule has 6 heteroatoms. The Labute approximate surface area is 104 Å². The summed E-state index contributed by atoms with van der Waals surface area (Å²) in [7, 11) is -3.83. The Bertz CT molecular complexity index is 540. The Kier molecular flexibility index (Phi) is 3.40. The van der Waals surface area contributed by atoms with Crippen LogP contribution in [0.4, 0.5) is 13.2 Å².